The van der Waals surface area contributed by atoms with Crippen LogP contribution in [0, 0.1) is 12.8 Å². The van der Waals surface area contributed by atoms with Crippen LogP contribution < -0.4 is 5.32 Å². The van der Waals surface area contributed by atoms with Gasteiger partial charge in [-0.3, -0.25) is 4.79 Å². The number of carbonyl (C=O) groups is 1. The van der Waals surface area contributed by atoms with Crippen LogP contribution in [0.5, 0.6) is 0 Å². The molecule has 2 atom stereocenters. The fourth-order valence-electron chi connectivity index (χ4n) is 2.93. The van der Waals surface area contributed by atoms with Crippen molar-refractivity contribution in [3.8, 4) is 0 Å². The van der Waals surface area contributed by atoms with E-state index in [-0.39, 0.29) is 5.92 Å². The number of benzene rings is 1. The van der Waals surface area contributed by atoms with E-state index in [1.54, 1.807) is 0 Å². The molecule has 0 bridgehead atoms. The summed E-state index contributed by atoms with van der Waals surface area (Å²) >= 11 is 0. The topological polar surface area (TPSA) is 32.3 Å². The first-order valence-corrected chi connectivity index (χ1v) is 6.82. The maximum Gasteiger partial charge on any atom is 0.226 e. The molecule has 18 heavy (non-hydrogen) atoms. The van der Waals surface area contributed by atoms with E-state index in [2.05, 4.69) is 36.5 Å². The second-order valence-electron chi connectivity index (χ2n) is 5.38. The second-order valence-corrected chi connectivity index (χ2v) is 5.38. The molecule has 3 heteroatoms. The van der Waals surface area contributed by atoms with Crippen LogP contribution in [0.25, 0.3) is 0 Å². The third kappa shape index (κ3) is 2.15. The molecule has 1 aromatic carbocycles. The first-order chi connectivity index (χ1) is 8.77. The fourth-order valence-corrected chi connectivity index (χ4v) is 2.93. The Hall–Kier alpha value is -1.35. The average Bonchev–Trinajstić information content (AvgIpc) is 3.20. The fraction of sp³-hybridized carbons (Fsp3) is 0.533. The highest BCUT2D eigenvalue weighted by atomic mass is 16.2. The molecular formula is C15H20N2O. The van der Waals surface area contributed by atoms with Crippen molar-refractivity contribution < 1.29 is 4.79 Å². The van der Waals surface area contributed by atoms with Gasteiger partial charge in [0.1, 0.15) is 0 Å². The van der Waals surface area contributed by atoms with Gasteiger partial charge >= 0.3 is 0 Å². The van der Waals surface area contributed by atoms with Crippen molar-refractivity contribution in [1.29, 1.82) is 0 Å². The number of piperazine rings is 1. The SMILES string of the molecule is Cc1ccccc1[C@@H]1C[C@@H]1C(=O)N1CCNCC1. The maximum absolute atomic E-state index is 12.4. The predicted molar refractivity (Wildman–Crippen MR) is 71.5 cm³/mol. The van der Waals surface area contributed by atoms with Gasteiger partial charge in [0, 0.05) is 32.1 Å². The van der Waals surface area contributed by atoms with Crippen molar-refractivity contribution >= 4 is 5.91 Å². The Kier molecular flexibility index (Phi) is 3.08. The van der Waals surface area contributed by atoms with E-state index in [0.29, 0.717) is 11.8 Å². The quantitative estimate of drug-likeness (QED) is 0.855. The van der Waals surface area contributed by atoms with Crippen molar-refractivity contribution in [3.05, 3.63) is 35.4 Å². The number of amides is 1. The molecule has 96 valence electrons. The minimum Gasteiger partial charge on any atom is -0.340 e. The molecular weight excluding hydrogens is 224 g/mol. The first-order valence-electron chi connectivity index (χ1n) is 6.82. The lowest BCUT2D eigenvalue weighted by Crippen LogP contribution is -2.47. The monoisotopic (exact) mass is 244 g/mol. The molecule has 1 aliphatic carbocycles. The summed E-state index contributed by atoms with van der Waals surface area (Å²) < 4.78 is 0. The van der Waals surface area contributed by atoms with Crippen molar-refractivity contribution in [2.24, 2.45) is 5.92 Å². The normalized spacial score (nSPS) is 27.1. The molecule has 0 unspecified atom stereocenters. The highest BCUT2D eigenvalue weighted by molar-refractivity contribution is 5.83. The Morgan fingerprint density at radius 2 is 2.00 bits per heavy atom. The molecule has 0 spiro atoms. The minimum absolute atomic E-state index is 0.240. The van der Waals surface area contributed by atoms with Crippen LogP contribution in [0.4, 0.5) is 0 Å². The number of hydrogen-bond donors (Lipinski definition) is 1. The molecule has 1 heterocycles. The Morgan fingerprint density at radius 1 is 1.28 bits per heavy atom. The smallest absolute Gasteiger partial charge is 0.226 e. The largest absolute Gasteiger partial charge is 0.340 e. The van der Waals surface area contributed by atoms with Crippen molar-refractivity contribution in [2.45, 2.75) is 19.3 Å². The van der Waals surface area contributed by atoms with Gasteiger partial charge < -0.3 is 10.2 Å². The lowest BCUT2D eigenvalue weighted by Gasteiger charge is -2.27. The molecule has 1 amide bonds. The molecule has 0 radical (unpaired) electrons. The molecule has 2 fully saturated rings. The molecule has 3 nitrogen and oxygen atoms in total. The summed E-state index contributed by atoms with van der Waals surface area (Å²) in [6, 6.07) is 8.45. The number of aryl methyl sites for hydroxylation is 1. The average molecular weight is 244 g/mol. The molecule has 1 N–H and O–H groups in total. The predicted octanol–water partition coefficient (Wildman–Crippen LogP) is 1.53. The van der Waals surface area contributed by atoms with Crippen LogP contribution in [0.15, 0.2) is 24.3 Å². The summed E-state index contributed by atoms with van der Waals surface area (Å²) in [6.45, 7) is 5.76. The molecule has 1 saturated carbocycles. The van der Waals surface area contributed by atoms with Crippen LogP contribution >= 0.6 is 0 Å². The Balaban J connectivity index is 1.67. The van der Waals surface area contributed by atoms with Crippen molar-refractivity contribution in [1.82, 2.24) is 10.2 Å². The van der Waals surface area contributed by atoms with E-state index in [4.69, 9.17) is 0 Å². The number of carbonyl (C=O) groups excluding carboxylic acids is 1. The van der Waals surface area contributed by atoms with Gasteiger partial charge in [-0.1, -0.05) is 24.3 Å². The van der Waals surface area contributed by atoms with E-state index >= 15 is 0 Å². The highest BCUT2D eigenvalue weighted by Crippen LogP contribution is 2.49. The van der Waals surface area contributed by atoms with Gasteiger partial charge in [0.2, 0.25) is 5.91 Å². The lowest BCUT2D eigenvalue weighted by molar-refractivity contribution is -0.133. The molecule has 3 rings (SSSR count). The third-order valence-electron chi connectivity index (χ3n) is 4.12. The van der Waals surface area contributed by atoms with Crippen molar-refractivity contribution in [3.63, 3.8) is 0 Å². The molecule has 1 saturated heterocycles. The summed E-state index contributed by atoms with van der Waals surface area (Å²) in [5, 5.41) is 3.29. The number of hydrogen-bond acceptors (Lipinski definition) is 2. The lowest BCUT2D eigenvalue weighted by atomic mass is 10.0. The zero-order valence-corrected chi connectivity index (χ0v) is 10.9. The van der Waals surface area contributed by atoms with E-state index in [0.717, 1.165) is 32.6 Å². The van der Waals surface area contributed by atoms with Crippen LogP contribution in [0.2, 0.25) is 0 Å². The molecule has 2 aliphatic rings. The molecule has 0 aromatic heterocycles. The number of nitrogens with zero attached hydrogens (tertiary/aromatic N) is 1. The molecule has 1 aromatic rings. The van der Waals surface area contributed by atoms with E-state index in [1.165, 1.54) is 11.1 Å². The van der Waals surface area contributed by atoms with Crippen LogP contribution in [-0.4, -0.2) is 37.0 Å². The van der Waals surface area contributed by atoms with E-state index in [9.17, 15) is 4.79 Å². The van der Waals surface area contributed by atoms with E-state index in [1.807, 2.05) is 4.90 Å². The van der Waals surface area contributed by atoms with Crippen LogP contribution in [-0.2, 0) is 4.79 Å². The third-order valence-corrected chi connectivity index (χ3v) is 4.12. The van der Waals surface area contributed by atoms with E-state index < -0.39 is 0 Å². The second kappa shape index (κ2) is 4.73. The first kappa shape index (κ1) is 11.7. The van der Waals surface area contributed by atoms with Crippen LogP contribution in [0.1, 0.15) is 23.5 Å². The molecule has 1 aliphatic heterocycles. The number of nitrogens with one attached hydrogen (secondary N) is 1. The summed E-state index contributed by atoms with van der Waals surface area (Å²) in [4.78, 5) is 14.4. The summed E-state index contributed by atoms with van der Waals surface area (Å²) in [7, 11) is 0. The van der Waals surface area contributed by atoms with Gasteiger partial charge in [0.05, 0.1) is 0 Å². The van der Waals surface area contributed by atoms with Gasteiger partial charge in [-0.25, -0.2) is 0 Å². The summed E-state index contributed by atoms with van der Waals surface area (Å²) in [5.41, 5.74) is 2.68. The standard InChI is InChI=1S/C15H20N2O/c1-11-4-2-3-5-12(11)13-10-14(13)15(18)17-8-6-16-7-9-17/h2-5,13-14,16H,6-10H2,1H3/t13-,14-/m0/s1. The number of rotatable bonds is 2. The van der Waals surface area contributed by atoms with Crippen molar-refractivity contribution in [2.75, 3.05) is 26.2 Å². The Morgan fingerprint density at radius 3 is 2.72 bits per heavy atom. The minimum atomic E-state index is 0.240. The van der Waals surface area contributed by atoms with Crippen LogP contribution in [0.3, 0.4) is 0 Å². The zero-order valence-electron chi connectivity index (χ0n) is 10.9. The Labute approximate surface area is 108 Å². The van der Waals surface area contributed by atoms with Gasteiger partial charge in [-0.05, 0) is 30.4 Å². The van der Waals surface area contributed by atoms with Gasteiger partial charge in [0.15, 0.2) is 0 Å². The summed E-state index contributed by atoms with van der Waals surface area (Å²) in [5.74, 6) is 1.07. The van der Waals surface area contributed by atoms with Gasteiger partial charge in [-0.15, -0.1) is 0 Å². The Bertz CT molecular complexity index is 452. The maximum atomic E-state index is 12.4. The van der Waals surface area contributed by atoms with Gasteiger partial charge in [0.25, 0.3) is 0 Å². The zero-order chi connectivity index (χ0) is 12.5. The highest BCUT2D eigenvalue weighted by Gasteiger charge is 2.46. The summed E-state index contributed by atoms with van der Waals surface area (Å²) in [6.07, 6.45) is 1.04. The van der Waals surface area contributed by atoms with Gasteiger partial charge in [-0.2, -0.15) is 0 Å².